The Labute approximate surface area is 233 Å². The van der Waals surface area contributed by atoms with Gasteiger partial charge in [-0.15, -0.1) is 0 Å². The van der Waals surface area contributed by atoms with Crippen LogP contribution in [0.15, 0.2) is 76.9 Å². The molecule has 38 heavy (non-hydrogen) atoms. The van der Waals surface area contributed by atoms with Gasteiger partial charge in [-0.1, -0.05) is 74.9 Å². The van der Waals surface area contributed by atoms with Crippen LogP contribution < -0.4 is 14.4 Å². The second-order valence-corrected chi connectivity index (χ2v) is 10.3. The first-order valence-corrected chi connectivity index (χ1v) is 14.1. The van der Waals surface area contributed by atoms with Gasteiger partial charge in [-0.3, -0.25) is 14.7 Å². The monoisotopic (exact) mass is 549 g/mol. The number of unbranched alkanes of at least 4 members (excludes halogenated alkanes) is 5. The van der Waals surface area contributed by atoms with E-state index in [1.54, 1.807) is 24.3 Å². The van der Waals surface area contributed by atoms with Gasteiger partial charge >= 0.3 is 0 Å². The molecule has 198 valence electrons. The summed E-state index contributed by atoms with van der Waals surface area (Å²) in [5.41, 5.74) is 2.11. The maximum Gasteiger partial charge on any atom is 0.271 e. The smallest absolute Gasteiger partial charge is 0.271 e. The molecular formula is C30H32ClN3O3S. The number of thioether (sulfide) groups is 1. The lowest BCUT2D eigenvalue weighted by Gasteiger charge is -2.15. The number of aromatic nitrogens is 1. The van der Waals surface area contributed by atoms with Crippen LogP contribution in [-0.4, -0.2) is 29.8 Å². The van der Waals surface area contributed by atoms with Crippen molar-refractivity contribution in [1.82, 2.24) is 4.98 Å². The maximum atomic E-state index is 13.5. The van der Waals surface area contributed by atoms with Gasteiger partial charge in [0.05, 0.1) is 35.0 Å². The van der Waals surface area contributed by atoms with Crippen LogP contribution in [0.5, 0.6) is 11.5 Å². The van der Waals surface area contributed by atoms with Crippen LogP contribution in [0.25, 0.3) is 6.08 Å². The van der Waals surface area contributed by atoms with Gasteiger partial charge in [-0.25, -0.2) is 4.99 Å². The summed E-state index contributed by atoms with van der Waals surface area (Å²) in [6.07, 6.45) is 12.3. The summed E-state index contributed by atoms with van der Waals surface area (Å²) in [6, 6.07) is 16.9. The minimum Gasteiger partial charge on any atom is -0.493 e. The molecule has 1 amide bonds. The molecule has 8 heteroatoms. The van der Waals surface area contributed by atoms with E-state index in [9.17, 15) is 4.79 Å². The third-order valence-electron chi connectivity index (χ3n) is 6.03. The van der Waals surface area contributed by atoms with E-state index in [1.165, 1.54) is 50.1 Å². The molecule has 0 bridgehead atoms. The van der Waals surface area contributed by atoms with E-state index in [-0.39, 0.29) is 5.91 Å². The zero-order valence-electron chi connectivity index (χ0n) is 21.7. The fourth-order valence-corrected chi connectivity index (χ4v) is 5.18. The quantitative estimate of drug-likeness (QED) is 0.168. The summed E-state index contributed by atoms with van der Waals surface area (Å²) in [5.74, 6) is 1.18. The Morgan fingerprint density at radius 1 is 1.03 bits per heavy atom. The molecule has 4 rings (SSSR count). The SMILES string of the molecule is CCCCCCCCOc1ccc(/C=C2\SC(=Nc3ccncc3Cl)N(c3ccccc3)C2=O)cc1OC. The number of amides is 1. The predicted molar refractivity (Wildman–Crippen MR) is 158 cm³/mol. The highest BCUT2D eigenvalue weighted by atomic mass is 35.5. The Bertz CT molecular complexity index is 1300. The molecule has 2 heterocycles. The van der Waals surface area contributed by atoms with Crippen molar-refractivity contribution < 1.29 is 14.3 Å². The van der Waals surface area contributed by atoms with Crippen molar-refractivity contribution >= 4 is 51.9 Å². The third kappa shape index (κ3) is 7.17. The van der Waals surface area contributed by atoms with E-state index < -0.39 is 0 Å². The van der Waals surface area contributed by atoms with Gasteiger partial charge in [0.15, 0.2) is 16.7 Å². The van der Waals surface area contributed by atoms with Crippen LogP contribution in [0.1, 0.15) is 51.0 Å². The number of carbonyl (C=O) groups is 1. The first kappa shape index (κ1) is 27.7. The van der Waals surface area contributed by atoms with Crippen LogP contribution in [0.4, 0.5) is 11.4 Å². The lowest BCUT2D eigenvalue weighted by molar-refractivity contribution is -0.113. The number of amidine groups is 1. The summed E-state index contributed by atoms with van der Waals surface area (Å²) >= 11 is 7.60. The van der Waals surface area contributed by atoms with Gasteiger partial charge in [-0.05, 0) is 60.2 Å². The molecular weight excluding hydrogens is 518 g/mol. The molecule has 6 nitrogen and oxygen atoms in total. The first-order valence-electron chi connectivity index (χ1n) is 12.9. The number of rotatable bonds is 12. The van der Waals surface area contributed by atoms with E-state index in [2.05, 4.69) is 11.9 Å². The molecule has 0 unspecified atom stereocenters. The van der Waals surface area contributed by atoms with Crippen molar-refractivity contribution in [2.75, 3.05) is 18.6 Å². The lowest BCUT2D eigenvalue weighted by Crippen LogP contribution is -2.28. The fraction of sp³-hybridized carbons (Fsp3) is 0.300. The zero-order valence-corrected chi connectivity index (χ0v) is 23.3. The van der Waals surface area contributed by atoms with E-state index >= 15 is 0 Å². The summed E-state index contributed by atoms with van der Waals surface area (Å²) in [5, 5.41) is 0.936. The number of ether oxygens (including phenoxy) is 2. The normalized spacial score (nSPS) is 15.4. The Balaban J connectivity index is 1.53. The maximum absolute atomic E-state index is 13.5. The van der Waals surface area contributed by atoms with Crippen molar-refractivity contribution in [2.24, 2.45) is 4.99 Å². The Morgan fingerprint density at radius 3 is 2.58 bits per heavy atom. The second-order valence-electron chi connectivity index (χ2n) is 8.83. The number of aliphatic imine (C=N–C) groups is 1. The fourth-order valence-electron chi connectivity index (χ4n) is 4.02. The molecule has 1 aliphatic rings. The van der Waals surface area contributed by atoms with Gasteiger partial charge in [-0.2, -0.15) is 0 Å². The lowest BCUT2D eigenvalue weighted by atomic mass is 10.1. The third-order valence-corrected chi connectivity index (χ3v) is 7.29. The minimum absolute atomic E-state index is 0.160. The zero-order chi connectivity index (χ0) is 26.7. The highest BCUT2D eigenvalue weighted by Crippen LogP contribution is 2.39. The molecule has 0 aliphatic carbocycles. The van der Waals surface area contributed by atoms with Crippen molar-refractivity contribution in [3.63, 3.8) is 0 Å². The summed E-state index contributed by atoms with van der Waals surface area (Å²) in [6.45, 7) is 2.88. The van der Waals surface area contributed by atoms with Crippen molar-refractivity contribution in [3.05, 3.63) is 82.5 Å². The molecule has 0 atom stereocenters. The number of pyridine rings is 1. The average molecular weight is 550 g/mol. The molecule has 2 aromatic carbocycles. The van der Waals surface area contributed by atoms with Gasteiger partial charge in [0.25, 0.3) is 5.91 Å². The largest absolute Gasteiger partial charge is 0.493 e. The average Bonchev–Trinajstić information content (AvgIpc) is 3.24. The number of halogens is 1. The topological polar surface area (TPSA) is 64.0 Å². The predicted octanol–water partition coefficient (Wildman–Crippen LogP) is 8.29. The van der Waals surface area contributed by atoms with Gasteiger partial charge in [0, 0.05) is 12.4 Å². The number of methoxy groups -OCH3 is 1. The van der Waals surface area contributed by atoms with Gasteiger partial charge in [0.1, 0.15) is 0 Å². The van der Waals surface area contributed by atoms with E-state index in [0.29, 0.717) is 38.9 Å². The van der Waals surface area contributed by atoms with Crippen LogP contribution >= 0.6 is 23.4 Å². The Morgan fingerprint density at radius 2 is 1.82 bits per heavy atom. The molecule has 0 N–H and O–H groups in total. The molecule has 1 aliphatic heterocycles. The molecule has 1 fully saturated rings. The van der Waals surface area contributed by atoms with E-state index in [1.807, 2.05) is 54.6 Å². The van der Waals surface area contributed by atoms with Crippen LogP contribution in [0.2, 0.25) is 5.02 Å². The number of anilines is 1. The first-order chi connectivity index (χ1) is 18.6. The van der Waals surface area contributed by atoms with Crippen molar-refractivity contribution in [2.45, 2.75) is 45.4 Å². The van der Waals surface area contributed by atoms with E-state index in [0.717, 1.165) is 17.7 Å². The van der Waals surface area contributed by atoms with Gasteiger partial charge in [0.2, 0.25) is 0 Å². The number of carbonyl (C=O) groups excluding carboxylic acids is 1. The molecule has 3 aromatic rings. The Kier molecular flexibility index (Phi) is 10.2. The number of benzene rings is 2. The molecule has 1 aromatic heterocycles. The number of para-hydroxylation sites is 1. The van der Waals surface area contributed by atoms with Crippen molar-refractivity contribution in [1.29, 1.82) is 0 Å². The minimum atomic E-state index is -0.160. The molecule has 0 saturated carbocycles. The summed E-state index contributed by atoms with van der Waals surface area (Å²) in [4.78, 5) is 24.4. The summed E-state index contributed by atoms with van der Waals surface area (Å²) in [7, 11) is 1.62. The molecule has 0 spiro atoms. The standard InChI is InChI=1S/C30H32ClN3O3S/c1-3-4-5-6-7-11-18-37-26-15-14-22(19-27(26)36-2)20-28-29(35)34(23-12-9-8-10-13-23)30(38-28)33-25-16-17-32-21-24(25)31/h8-10,12-17,19-21H,3-7,11,18H2,1-2H3/b28-20-,33-30?. The van der Waals surface area contributed by atoms with Crippen LogP contribution in [0.3, 0.4) is 0 Å². The second kappa shape index (κ2) is 14.0. The highest BCUT2D eigenvalue weighted by Gasteiger charge is 2.35. The van der Waals surface area contributed by atoms with Crippen LogP contribution in [-0.2, 0) is 4.79 Å². The van der Waals surface area contributed by atoms with E-state index in [4.69, 9.17) is 26.1 Å². The summed E-state index contributed by atoms with van der Waals surface area (Å²) < 4.78 is 11.6. The van der Waals surface area contributed by atoms with Crippen molar-refractivity contribution in [3.8, 4) is 11.5 Å². The number of hydrogen-bond donors (Lipinski definition) is 0. The number of hydrogen-bond acceptors (Lipinski definition) is 6. The van der Waals surface area contributed by atoms with Gasteiger partial charge < -0.3 is 9.47 Å². The van der Waals surface area contributed by atoms with Crippen LogP contribution in [0, 0.1) is 0 Å². The molecule has 0 radical (unpaired) electrons. The molecule has 1 saturated heterocycles. The highest BCUT2D eigenvalue weighted by molar-refractivity contribution is 8.19. The number of nitrogens with zero attached hydrogens (tertiary/aromatic N) is 3. The Hall–Kier alpha value is -3.29.